The van der Waals surface area contributed by atoms with Gasteiger partial charge in [-0.3, -0.25) is 4.79 Å². The van der Waals surface area contributed by atoms with Gasteiger partial charge in [-0.2, -0.15) is 0 Å². The molecular weight excluding hydrogens is 274 g/mol. The maximum absolute atomic E-state index is 11.5. The Balaban J connectivity index is 2.17. The van der Waals surface area contributed by atoms with Gasteiger partial charge in [0.1, 0.15) is 5.60 Å². The first-order valence-electron chi connectivity index (χ1n) is 7.43. The molecule has 0 unspecified atom stereocenters. The molecule has 1 rings (SSSR count). The minimum atomic E-state index is -0.656. The van der Waals surface area contributed by atoms with Crippen LogP contribution in [0.3, 0.4) is 0 Å². The predicted octanol–water partition coefficient (Wildman–Crippen LogP) is 1.03. The number of nitrogens with one attached hydrogen (secondary N) is 1. The van der Waals surface area contributed by atoms with Crippen molar-refractivity contribution in [2.45, 2.75) is 45.6 Å². The van der Waals surface area contributed by atoms with Crippen LogP contribution in [0.1, 0.15) is 40.0 Å². The van der Waals surface area contributed by atoms with Crippen LogP contribution in [-0.2, 0) is 14.4 Å². The summed E-state index contributed by atoms with van der Waals surface area (Å²) >= 11 is 0. The van der Waals surface area contributed by atoms with E-state index in [0.29, 0.717) is 25.6 Å². The van der Waals surface area contributed by atoms with Gasteiger partial charge in [-0.05, 0) is 46.0 Å². The number of hydroxylamine groups is 2. The zero-order valence-electron chi connectivity index (χ0n) is 13.2. The fourth-order valence-electron chi connectivity index (χ4n) is 2.15. The minimum Gasteiger partial charge on any atom is -0.427 e. The lowest BCUT2D eigenvalue weighted by atomic mass is 9.94. The SMILES string of the molecule is CC(C)(C)OC(=O)ON1CCC(CCNC(=O)CN)CC1. The number of rotatable bonds is 5. The fraction of sp³-hybridized carbons (Fsp3) is 0.857. The highest BCUT2D eigenvalue weighted by Gasteiger charge is 2.24. The molecule has 1 fully saturated rings. The molecule has 0 aromatic carbocycles. The van der Waals surface area contributed by atoms with Gasteiger partial charge in [0.25, 0.3) is 0 Å². The number of nitrogens with zero attached hydrogens (tertiary/aromatic N) is 1. The summed E-state index contributed by atoms with van der Waals surface area (Å²) in [6.07, 6.45) is 2.13. The van der Waals surface area contributed by atoms with E-state index in [1.807, 2.05) is 0 Å². The predicted molar refractivity (Wildman–Crippen MR) is 78.3 cm³/mol. The first-order chi connectivity index (χ1) is 9.80. The molecule has 0 aliphatic carbocycles. The molecule has 0 saturated carbocycles. The maximum Gasteiger partial charge on any atom is 0.528 e. The molecule has 0 aromatic rings. The van der Waals surface area contributed by atoms with Gasteiger partial charge in [0.2, 0.25) is 5.91 Å². The fourth-order valence-corrected chi connectivity index (χ4v) is 2.15. The Hall–Kier alpha value is -1.34. The second kappa shape index (κ2) is 8.19. The van der Waals surface area contributed by atoms with Crippen LogP contribution in [0.4, 0.5) is 4.79 Å². The van der Waals surface area contributed by atoms with E-state index in [0.717, 1.165) is 19.3 Å². The molecular formula is C14H27N3O4. The van der Waals surface area contributed by atoms with Crippen LogP contribution in [0.5, 0.6) is 0 Å². The van der Waals surface area contributed by atoms with Crippen LogP contribution < -0.4 is 11.1 Å². The molecule has 0 atom stereocenters. The van der Waals surface area contributed by atoms with Crippen molar-refractivity contribution >= 4 is 12.1 Å². The molecule has 0 bridgehead atoms. The molecule has 1 amide bonds. The Morgan fingerprint density at radius 1 is 1.29 bits per heavy atom. The first kappa shape index (κ1) is 17.7. The molecule has 7 nitrogen and oxygen atoms in total. The lowest BCUT2D eigenvalue weighted by Crippen LogP contribution is -2.38. The maximum atomic E-state index is 11.5. The molecule has 1 heterocycles. The van der Waals surface area contributed by atoms with Gasteiger partial charge in [0, 0.05) is 19.6 Å². The third-order valence-electron chi connectivity index (χ3n) is 3.23. The summed E-state index contributed by atoms with van der Waals surface area (Å²) in [5.41, 5.74) is 4.68. The Morgan fingerprint density at radius 2 is 1.90 bits per heavy atom. The Morgan fingerprint density at radius 3 is 2.43 bits per heavy atom. The van der Waals surface area contributed by atoms with E-state index >= 15 is 0 Å². The second-order valence-corrected chi connectivity index (χ2v) is 6.27. The van der Waals surface area contributed by atoms with Crippen LogP contribution in [0.2, 0.25) is 0 Å². The average Bonchev–Trinajstić information content (AvgIpc) is 2.38. The summed E-state index contributed by atoms with van der Waals surface area (Å²) in [5, 5.41) is 4.41. The third-order valence-corrected chi connectivity index (χ3v) is 3.23. The molecule has 1 aliphatic heterocycles. The normalized spacial score (nSPS) is 17.3. The molecule has 7 heteroatoms. The number of hydrogen-bond donors (Lipinski definition) is 2. The van der Waals surface area contributed by atoms with E-state index in [1.54, 1.807) is 25.8 Å². The van der Waals surface area contributed by atoms with Crippen molar-refractivity contribution in [3.05, 3.63) is 0 Å². The van der Waals surface area contributed by atoms with Crippen LogP contribution in [-0.4, -0.2) is 48.9 Å². The van der Waals surface area contributed by atoms with E-state index in [9.17, 15) is 9.59 Å². The van der Waals surface area contributed by atoms with E-state index in [-0.39, 0.29) is 12.5 Å². The van der Waals surface area contributed by atoms with Crippen LogP contribution >= 0.6 is 0 Å². The molecule has 21 heavy (non-hydrogen) atoms. The number of hydrogen-bond acceptors (Lipinski definition) is 6. The summed E-state index contributed by atoms with van der Waals surface area (Å²) in [7, 11) is 0. The third kappa shape index (κ3) is 7.87. The summed E-state index contributed by atoms with van der Waals surface area (Å²) in [6, 6.07) is 0. The first-order valence-corrected chi connectivity index (χ1v) is 7.43. The average molecular weight is 301 g/mol. The van der Waals surface area contributed by atoms with Crippen LogP contribution in [0.25, 0.3) is 0 Å². The molecule has 0 radical (unpaired) electrons. The summed E-state index contributed by atoms with van der Waals surface area (Å²) in [4.78, 5) is 27.7. The van der Waals surface area contributed by atoms with Crippen molar-refractivity contribution < 1.29 is 19.2 Å². The lowest BCUT2D eigenvalue weighted by Gasteiger charge is -2.31. The highest BCUT2D eigenvalue weighted by molar-refractivity contribution is 5.77. The van der Waals surface area contributed by atoms with E-state index in [2.05, 4.69) is 5.32 Å². The number of carbonyl (C=O) groups is 2. The Bertz CT molecular complexity index is 347. The van der Waals surface area contributed by atoms with Gasteiger partial charge in [-0.1, -0.05) is 0 Å². The van der Waals surface area contributed by atoms with Gasteiger partial charge in [0.05, 0.1) is 6.54 Å². The van der Waals surface area contributed by atoms with Crippen molar-refractivity contribution in [2.24, 2.45) is 11.7 Å². The number of piperidine rings is 1. The lowest BCUT2D eigenvalue weighted by molar-refractivity contribution is -0.155. The van der Waals surface area contributed by atoms with Crippen LogP contribution in [0.15, 0.2) is 0 Å². The molecule has 1 aliphatic rings. The summed E-state index contributed by atoms with van der Waals surface area (Å²) in [6.45, 7) is 7.46. The van der Waals surface area contributed by atoms with Crippen LogP contribution in [0, 0.1) is 5.92 Å². The summed E-state index contributed by atoms with van der Waals surface area (Å²) < 4.78 is 5.11. The van der Waals surface area contributed by atoms with Crippen molar-refractivity contribution in [3.8, 4) is 0 Å². The molecule has 0 spiro atoms. The van der Waals surface area contributed by atoms with Crippen molar-refractivity contribution in [3.63, 3.8) is 0 Å². The van der Waals surface area contributed by atoms with Crippen molar-refractivity contribution in [1.82, 2.24) is 10.4 Å². The number of carbonyl (C=O) groups excluding carboxylic acids is 2. The Kier molecular flexibility index (Phi) is 6.91. The quantitative estimate of drug-likeness (QED) is 0.737. The summed E-state index contributed by atoms with van der Waals surface area (Å²) in [5.74, 6) is 0.405. The molecule has 1 saturated heterocycles. The topological polar surface area (TPSA) is 93.9 Å². The zero-order chi connectivity index (χ0) is 15.9. The second-order valence-electron chi connectivity index (χ2n) is 6.27. The molecule has 3 N–H and O–H groups in total. The van der Waals surface area contributed by atoms with Gasteiger partial charge in [-0.25, -0.2) is 4.79 Å². The highest BCUT2D eigenvalue weighted by atomic mass is 16.8. The number of nitrogens with two attached hydrogens (primary N) is 1. The van der Waals surface area contributed by atoms with Crippen molar-refractivity contribution in [1.29, 1.82) is 0 Å². The van der Waals surface area contributed by atoms with E-state index in [4.69, 9.17) is 15.3 Å². The Labute approximate surface area is 126 Å². The number of amides is 1. The molecule has 0 aromatic heterocycles. The number of ether oxygens (including phenoxy) is 1. The monoisotopic (exact) mass is 301 g/mol. The highest BCUT2D eigenvalue weighted by Crippen LogP contribution is 2.20. The standard InChI is InChI=1S/C14H27N3O4/c1-14(2,3)20-13(19)21-17-8-5-11(6-9-17)4-7-16-12(18)10-15/h11H,4-10,15H2,1-3H3,(H,16,18). The van der Waals surface area contributed by atoms with Crippen molar-refractivity contribution in [2.75, 3.05) is 26.2 Å². The zero-order valence-corrected chi connectivity index (χ0v) is 13.2. The van der Waals surface area contributed by atoms with E-state index < -0.39 is 11.8 Å². The van der Waals surface area contributed by atoms with E-state index in [1.165, 1.54) is 0 Å². The largest absolute Gasteiger partial charge is 0.528 e. The smallest absolute Gasteiger partial charge is 0.427 e. The van der Waals surface area contributed by atoms with Gasteiger partial charge < -0.3 is 20.6 Å². The minimum absolute atomic E-state index is 0.0299. The molecule has 122 valence electrons. The van der Waals surface area contributed by atoms with Gasteiger partial charge in [-0.15, -0.1) is 5.06 Å². The van der Waals surface area contributed by atoms with Gasteiger partial charge >= 0.3 is 6.16 Å². The van der Waals surface area contributed by atoms with Gasteiger partial charge in [0.15, 0.2) is 0 Å².